The Morgan fingerprint density at radius 3 is 1.92 bits per heavy atom. The highest BCUT2D eigenvalue weighted by Gasteiger charge is 2.28. The molecule has 0 radical (unpaired) electrons. The van der Waals surface area contributed by atoms with Crippen molar-refractivity contribution in [2.75, 3.05) is 19.6 Å². The van der Waals surface area contributed by atoms with Crippen molar-refractivity contribution < 1.29 is 0 Å². The van der Waals surface area contributed by atoms with Crippen molar-refractivity contribution in [3.8, 4) is 11.1 Å². The van der Waals surface area contributed by atoms with Gasteiger partial charge in [-0.2, -0.15) is 0 Å². The fourth-order valence-corrected chi connectivity index (χ4v) is 6.50. The third-order valence-corrected chi connectivity index (χ3v) is 8.41. The number of hydrogen-bond acceptors (Lipinski definition) is 2. The van der Waals surface area contributed by atoms with Crippen molar-refractivity contribution in [3.05, 3.63) is 142 Å². The second-order valence-electron chi connectivity index (χ2n) is 10.8. The highest BCUT2D eigenvalue weighted by molar-refractivity contribution is 5.95. The topological polar surface area (TPSA) is 36.1 Å². The van der Waals surface area contributed by atoms with E-state index in [1.54, 1.807) is 0 Å². The second-order valence-corrected chi connectivity index (χ2v) is 10.8. The average molecular weight is 513 g/mol. The number of aromatic amines is 1. The fourth-order valence-electron chi connectivity index (χ4n) is 6.50. The molecule has 196 valence electrons. The van der Waals surface area contributed by atoms with Crippen molar-refractivity contribution in [1.82, 2.24) is 9.88 Å². The predicted octanol–water partition coefficient (Wildman–Crippen LogP) is 7.67. The molecule has 1 aliphatic heterocycles. The zero-order chi connectivity index (χ0) is 26.4. The molecule has 5 aromatic rings. The Hall–Kier alpha value is -3.95. The van der Waals surface area contributed by atoms with Gasteiger partial charge >= 0.3 is 0 Å². The Morgan fingerprint density at radius 2 is 1.28 bits per heavy atom. The average Bonchev–Trinajstić information content (AvgIpc) is 3.00. The maximum Gasteiger partial charge on any atom is 0.252 e. The molecule has 0 amide bonds. The van der Waals surface area contributed by atoms with Crippen molar-refractivity contribution in [3.63, 3.8) is 0 Å². The number of piperidine rings is 1. The van der Waals surface area contributed by atoms with E-state index in [2.05, 4.69) is 107 Å². The van der Waals surface area contributed by atoms with Gasteiger partial charge in [-0.1, -0.05) is 109 Å². The molecule has 4 aromatic carbocycles. The van der Waals surface area contributed by atoms with Gasteiger partial charge in [-0.3, -0.25) is 4.79 Å². The predicted molar refractivity (Wildman–Crippen MR) is 162 cm³/mol. The van der Waals surface area contributed by atoms with Gasteiger partial charge in [0.25, 0.3) is 5.56 Å². The van der Waals surface area contributed by atoms with E-state index in [-0.39, 0.29) is 5.56 Å². The number of nitrogens with one attached hydrogen (secondary N) is 1. The van der Waals surface area contributed by atoms with Crippen LogP contribution in [0.5, 0.6) is 0 Å². The van der Waals surface area contributed by atoms with E-state index in [0.717, 1.165) is 60.1 Å². The maximum absolute atomic E-state index is 13.2. The van der Waals surface area contributed by atoms with Gasteiger partial charge < -0.3 is 9.88 Å². The molecule has 0 bridgehead atoms. The number of benzene rings is 4. The molecule has 0 unspecified atom stereocenters. The van der Waals surface area contributed by atoms with Crippen LogP contribution in [-0.4, -0.2) is 29.5 Å². The summed E-state index contributed by atoms with van der Waals surface area (Å²) in [5.41, 5.74) is 6.89. The number of pyridine rings is 1. The summed E-state index contributed by atoms with van der Waals surface area (Å²) in [6.07, 6.45) is 4.15. The van der Waals surface area contributed by atoms with Crippen LogP contribution in [0.4, 0.5) is 0 Å². The van der Waals surface area contributed by atoms with E-state index in [9.17, 15) is 4.79 Å². The van der Waals surface area contributed by atoms with Crippen molar-refractivity contribution in [2.24, 2.45) is 5.92 Å². The number of rotatable bonds is 8. The Balaban J connectivity index is 1.15. The van der Waals surface area contributed by atoms with Gasteiger partial charge in [0.1, 0.15) is 0 Å². The largest absolute Gasteiger partial charge is 0.322 e. The molecule has 39 heavy (non-hydrogen) atoms. The van der Waals surface area contributed by atoms with Crippen LogP contribution in [0.2, 0.25) is 0 Å². The van der Waals surface area contributed by atoms with Crippen molar-refractivity contribution >= 4 is 10.9 Å². The SMILES string of the molecule is O=c1[nH]c2ccccc2c(-c2ccccc2)c1CCCN1CCC(C(c2ccccc2)c2ccccc2)CC1. The first-order valence-electron chi connectivity index (χ1n) is 14.3. The Bertz CT molecular complexity index is 1510. The molecule has 0 atom stereocenters. The lowest BCUT2D eigenvalue weighted by Crippen LogP contribution is -2.36. The van der Waals surface area contributed by atoms with E-state index in [0.29, 0.717) is 11.8 Å². The summed E-state index contributed by atoms with van der Waals surface area (Å²) < 4.78 is 0. The second kappa shape index (κ2) is 11.8. The maximum atomic E-state index is 13.2. The van der Waals surface area contributed by atoms with Gasteiger partial charge in [-0.25, -0.2) is 0 Å². The summed E-state index contributed by atoms with van der Waals surface area (Å²) in [6.45, 7) is 3.25. The van der Waals surface area contributed by atoms with E-state index in [1.807, 2.05) is 18.2 Å². The first-order valence-corrected chi connectivity index (χ1v) is 14.3. The molecule has 2 heterocycles. The van der Waals surface area contributed by atoms with Gasteiger partial charge in [0.15, 0.2) is 0 Å². The lowest BCUT2D eigenvalue weighted by atomic mass is 9.76. The summed E-state index contributed by atoms with van der Waals surface area (Å²) in [5, 5.41) is 1.12. The van der Waals surface area contributed by atoms with Crippen molar-refractivity contribution in [1.29, 1.82) is 0 Å². The number of H-pyrrole nitrogens is 1. The van der Waals surface area contributed by atoms with Gasteiger partial charge in [0, 0.05) is 22.4 Å². The zero-order valence-corrected chi connectivity index (χ0v) is 22.4. The standard InChI is InChI=1S/C36H36N2O/c39-36-32(35(29-17-8-3-9-18-29)31-19-10-11-21-33(31)37-36)20-12-24-38-25-22-30(23-26-38)34(27-13-4-1-5-14-27)28-15-6-2-7-16-28/h1-11,13-19,21,30,34H,12,20,22-26H2,(H,37,39). The monoisotopic (exact) mass is 512 g/mol. The van der Waals surface area contributed by atoms with Crippen LogP contribution in [0.3, 0.4) is 0 Å². The third kappa shape index (κ3) is 5.60. The number of hydrogen-bond donors (Lipinski definition) is 1. The minimum absolute atomic E-state index is 0.0415. The molecule has 1 fully saturated rings. The first kappa shape index (κ1) is 25.3. The molecule has 0 saturated carbocycles. The van der Waals surface area contributed by atoms with Crippen LogP contribution in [0, 0.1) is 5.92 Å². The molecule has 1 aromatic heterocycles. The van der Waals surface area contributed by atoms with E-state index >= 15 is 0 Å². The lowest BCUT2D eigenvalue weighted by molar-refractivity contribution is 0.173. The molecule has 0 spiro atoms. The number of fused-ring (bicyclic) bond motifs is 1. The van der Waals surface area contributed by atoms with Crippen LogP contribution in [0.1, 0.15) is 41.9 Å². The Kier molecular flexibility index (Phi) is 7.69. The third-order valence-electron chi connectivity index (χ3n) is 8.41. The van der Waals surface area contributed by atoms with Crippen LogP contribution in [0.25, 0.3) is 22.0 Å². The lowest BCUT2D eigenvalue weighted by Gasteiger charge is -2.36. The molecule has 0 aliphatic carbocycles. The fraction of sp³-hybridized carbons (Fsp3) is 0.250. The summed E-state index contributed by atoms with van der Waals surface area (Å²) in [5.74, 6) is 1.08. The van der Waals surface area contributed by atoms with Gasteiger partial charge in [-0.15, -0.1) is 0 Å². The Labute approximate surface area is 231 Å². The van der Waals surface area contributed by atoms with Crippen LogP contribution < -0.4 is 5.56 Å². The van der Waals surface area contributed by atoms with Gasteiger partial charge in [0.2, 0.25) is 0 Å². The molecule has 1 saturated heterocycles. The minimum Gasteiger partial charge on any atom is -0.322 e. The highest BCUT2D eigenvalue weighted by atomic mass is 16.1. The molecule has 6 rings (SSSR count). The van der Waals surface area contributed by atoms with Crippen LogP contribution in [0.15, 0.2) is 120 Å². The van der Waals surface area contributed by atoms with Gasteiger partial charge in [-0.05, 0) is 79.6 Å². The first-order chi connectivity index (χ1) is 19.3. The normalized spacial score (nSPS) is 14.7. The molecular formula is C36H36N2O. The van der Waals surface area contributed by atoms with E-state index in [1.165, 1.54) is 24.0 Å². The van der Waals surface area contributed by atoms with Crippen LogP contribution in [-0.2, 0) is 6.42 Å². The number of likely N-dealkylation sites (tertiary alicyclic amines) is 1. The van der Waals surface area contributed by atoms with E-state index < -0.39 is 0 Å². The molecule has 1 aliphatic rings. The summed E-state index contributed by atoms with van der Waals surface area (Å²) >= 11 is 0. The quantitative estimate of drug-likeness (QED) is 0.232. The number of nitrogens with zero attached hydrogens (tertiary/aromatic N) is 1. The molecule has 3 heteroatoms. The molecular weight excluding hydrogens is 476 g/mol. The van der Waals surface area contributed by atoms with E-state index in [4.69, 9.17) is 0 Å². The number of para-hydroxylation sites is 1. The summed E-state index contributed by atoms with van der Waals surface area (Å²) in [7, 11) is 0. The highest BCUT2D eigenvalue weighted by Crippen LogP contribution is 2.38. The summed E-state index contributed by atoms with van der Waals surface area (Å²) in [4.78, 5) is 19.0. The minimum atomic E-state index is 0.0415. The Morgan fingerprint density at radius 1 is 0.718 bits per heavy atom. The van der Waals surface area contributed by atoms with Crippen molar-refractivity contribution in [2.45, 2.75) is 31.6 Å². The van der Waals surface area contributed by atoms with Crippen LogP contribution >= 0.6 is 0 Å². The molecule has 1 N–H and O–H groups in total. The summed E-state index contributed by atoms with van der Waals surface area (Å²) in [6, 6.07) is 40.6. The van der Waals surface area contributed by atoms with Gasteiger partial charge in [0.05, 0.1) is 0 Å². The molecule has 3 nitrogen and oxygen atoms in total. The zero-order valence-electron chi connectivity index (χ0n) is 22.4. The number of aromatic nitrogens is 1. The smallest absolute Gasteiger partial charge is 0.252 e.